The number of carboxylic acid groups (broad SMARTS) is 1. The zero-order chi connectivity index (χ0) is 16.9. The van der Waals surface area contributed by atoms with Crippen molar-refractivity contribution >= 4 is 33.6 Å². The monoisotopic (exact) mass is 349 g/mol. The molecule has 0 bridgehead atoms. The third kappa shape index (κ3) is 4.43. The molecule has 22 heavy (non-hydrogen) atoms. The maximum atomic E-state index is 12.2. The van der Waals surface area contributed by atoms with E-state index in [1.807, 2.05) is 0 Å². The van der Waals surface area contributed by atoms with Gasteiger partial charge in [-0.3, -0.25) is 4.79 Å². The molecular formula is C13H16ClNO6S. The van der Waals surface area contributed by atoms with Crippen molar-refractivity contribution < 1.29 is 27.9 Å². The Kier molecular flexibility index (Phi) is 6.34. The van der Waals surface area contributed by atoms with Gasteiger partial charge in [0.1, 0.15) is 10.9 Å². The summed E-state index contributed by atoms with van der Waals surface area (Å²) in [6.07, 6.45) is 0.640. The maximum Gasteiger partial charge on any atom is 0.337 e. The van der Waals surface area contributed by atoms with Crippen molar-refractivity contribution in [1.82, 2.24) is 4.72 Å². The molecule has 1 aromatic carbocycles. The third-order valence-electron chi connectivity index (χ3n) is 2.82. The number of rotatable bonds is 7. The molecule has 0 fully saturated rings. The number of esters is 1. The van der Waals surface area contributed by atoms with Gasteiger partial charge in [0.05, 0.1) is 17.7 Å². The molecule has 0 amide bonds. The molecule has 1 aromatic rings. The van der Waals surface area contributed by atoms with Gasteiger partial charge in [-0.1, -0.05) is 24.9 Å². The Balaban J connectivity index is 3.12. The lowest BCUT2D eigenvalue weighted by Gasteiger charge is -2.15. The van der Waals surface area contributed by atoms with E-state index in [1.165, 1.54) is 13.2 Å². The highest BCUT2D eigenvalue weighted by molar-refractivity contribution is 7.89. The number of carboxylic acids is 1. The topological polar surface area (TPSA) is 110 Å². The van der Waals surface area contributed by atoms with Gasteiger partial charge in [0, 0.05) is 0 Å². The summed E-state index contributed by atoms with van der Waals surface area (Å²) in [4.78, 5) is 22.1. The molecule has 7 nitrogen and oxygen atoms in total. The van der Waals surface area contributed by atoms with Crippen LogP contribution in [-0.4, -0.2) is 38.6 Å². The molecule has 122 valence electrons. The predicted molar refractivity (Wildman–Crippen MR) is 79.4 cm³/mol. The SMILES string of the molecule is CCCC(NS(=O)(=O)c1ccc(C(=O)OC)cc1Cl)C(=O)O. The van der Waals surface area contributed by atoms with Crippen molar-refractivity contribution in [3.8, 4) is 0 Å². The number of aliphatic carboxylic acids is 1. The predicted octanol–water partition coefficient (Wildman–Crippen LogP) is 1.66. The average molecular weight is 350 g/mol. The van der Waals surface area contributed by atoms with Gasteiger partial charge in [0.15, 0.2) is 0 Å². The first-order valence-electron chi connectivity index (χ1n) is 6.36. The molecule has 2 N–H and O–H groups in total. The van der Waals surface area contributed by atoms with E-state index in [4.69, 9.17) is 16.7 Å². The molecule has 9 heteroatoms. The molecule has 0 aliphatic rings. The molecular weight excluding hydrogens is 334 g/mol. The maximum absolute atomic E-state index is 12.2. The summed E-state index contributed by atoms with van der Waals surface area (Å²) in [6, 6.07) is 2.27. The summed E-state index contributed by atoms with van der Waals surface area (Å²) in [5, 5.41) is 8.81. The van der Waals surface area contributed by atoms with E-state index >= 15 is 0 Å². The number of benzene rings is 1. The minimum Gasteiger partial charge on any atom is -0.480 e. The first-order chi connectivity index (χ1) is 10.2. The van der Waals surface area contributed by atoms with Gasteiger partial charge in [-0.05, 0) is 24.6 Å². The molecule has 0 aliphatic heterocycles. The van der Waals surface area contributed by atoms with Crippen LogP contribution >= 0.6 is 11.6 Å². The van der Waals surface area contributed by atoms with Crippen LogP contribution in [0.2, 0.25) is 5.02 Å². The fraction of sp³-hybridized carbons (Fsp3) is 0.385. The van der Waals surface area contributed by atoms with Crippen molar-refractivity contribution in [2.75, 3.05) is 7.11 Å². The smallest absolute Gasteiger partial charge is 0.337 e. The second-order valence-electron chi connectivity index (χ2n) is 4.44. The molecule has 0 aromatic heterocycles. The van der Waals surface area contributed by atoms with Crippen LogP contribution in [0.5, 0.6) is 0 Å². The van der Waals surface area contributed by atoms with E-state index in [1.54, 1.807) is 6.92 Å². The number of carbonyl (C=O) groups is 2. The molecule has 1 unspecified atom stereocenters. The van der Waals surface area contributed by atoms with Crippen LogP contribution in [0.3, 0.4) is 0 Å². The highest BCUT2D eigenvalue weighted by Crippen LogP contribution is 2.23. The van der Waals surface area contributed by atoms with Crippen molar-refractivity contribution in [1.29, 1.82) is 0 Å². The second-order valence-corrected chi connectivity index (χ2v) is 6.53. The number of ether oxygens (including phenoxy) is 1. The fourth-order valence-electron chi connectivity index (χ4n) is 1.74. The number of nitrogens with one attached hydrogen (secondary N) is 1. The lowest BCUT2D eigenvalue weighted by Crippen LogP contribution is -2.40. The van der Waals surface area contributed by atoms with E-state index in [0.29, 0.717) is 6.42 Å². The Morgan fingerprint density at radius 2 is 2.05 bits per heavy atom. The second kappa shape index (κ2) is 7.57. The largest absolute Gasteiger partial charge is 0.480 e. The zero-order valence-electron chi connectivity index (χ0n) is 12.0. The van der Waals surface area contributed by atoms with E-state index in [-0.39, 0.29) is 21.9 Å². The summed E-state index contributed by atoms with van der Waals surface area (Å²) in [5.41, 5.74) is 0.0924. The minimum absolute atomic E-state index is 0.0924. The van der Waals surface area contributed by atoms with Crippen LogP contribution in [0.25, 0.3) is 0 Å². The third-order valence-corrected chi connectivity index (χ3v) is 4.77. The number of methoxy groups -OCH3 is 1. The van der Waals surface area contributed by atoms with Gasteiger partial charge in [-0.2, -0.15) is 4.72 Å². The van der Waals surface area contributed by atoms with E-state index in [2.05, 4.69) is 9.46 Å². The first-order valence-corrected chi connectivity index (χ1v) is 8.22. The summed E-state index contributed by atoms with van der Waals surface area (Å²) in [7, 11) is -2.94. The van der Waals surface area contributed by atoms with Crippen molar-refractivity contribution in [3.05, 3.63) is 28.8 Å². The van der Waals surface area contributed by atoms with Gasteiger partial charge in [0.25, 0.3) is 0 Å². The highest BCUT2D eigenvalue weighted by atomic mass is 35.5. The van der Waals surface area contributed by atoms with Gasteiger partial charge in [-0.15, -0.1) is 0 Å². The van der Waals surface area contributed by atoms with Crippen molar-refractivity contribution in [2.45, 2.75) is 30.7 Å². The summed E-state index contributed by atoms with van der Waals surface area (Å²) in [5.74, 6) is -1.93. The standard InChI is InChI=1S/C13H16ClNO6S/c1-3-4-10(12(16)17)15-22(19,20)11-6-5-8(7-9(11)14)13(18)21-2/h5-7,10,15H,3-4H2,1-2H3,(H,16,17). The molecule has 0 spiro atoms. The zero-order valence-corrected chi connectivity index (χ0v) is 13.6. The summed E-state index contributed by atoms with van der Waals surface area (Å²) >= 11 is 5.88. The van der Waals surface area contributed by atoms with Gasteiger partial charge in [-0.25, -0.2) is 13.2 Å². The summed E-state index contributed by atoms with van der Waals surface area (Å²) < 4.78 is 31.0. The molecule has 0 saturated carbocycles. The Labute approximate surface area is 133 Å². The number of sulfonamides is 1. The molecule has 0 saturated heterocycles. The van der Waals surface area contributed by atoms with Crippen LogP contribution < -0.4 is 4.72 Å². The average Bonchev–Trinajstić information content (AvgIpc) is 2.45. The van der Waals surface area contributed by atoms with Gasteiger partial charge >= 0.3 is 11.9 Å². The lowest BCUT2D eigenvalue weighted by molar-refractivity contribution is -0.139. The van der Waals surface area contributed by atoms with E-state index in [9.17, 15) is 18.0 Å². The van der Waals surface area contributed by atoms with Crippen LogP contribution in [0.1, 0.15) is 30.1 Å². The van der Waals surface area contributed by atoms with Crippen LogP contribution in [0.15, 0.2) is 23.1 Å². The Hall–Kier alpha value is -1.64. The molecule has 1 rings (SSSR count). The quantitative estimate of drug-likeness (QED) is 0.724. The minimum atomic E-state index is -4.12. The molecule has 1 atom stereocenters. The number of carbonyl (C=O) groups excluding carboxylic acids is 1. The molecule has 0 aliphatic carbocycles. The van der Waals surface area contributed by atoms with Gasteiger partial charge < -0.3 is 9.84 Å². The Morgan fingerprint density at radius 3 is 2.50 bits per heavy atom. The normalized spacial score (nSPS) is 12.7. The molecule has 0 heterocycles. The lowest BCUT2D eigenvalue weighted by atomic mass is 10.2. The molecule has 0 radical (unpaired) electrons. The number of hydrogen-bond acceptors (Lipinski definition) is 5. The Morgan fingerprint density at radius 1 is 1.41 bits per heavy atom. The van der Waals surface area contributed by atoms with Gasteiger partial charge in [0.2, 0.25) is 10.0 Å². The van der Waals surface area contributed by atoms with Crippen LogP contribution in [-0.2, 0) is 19.6 Å². The highest BCUT2D eigenvalue weighted by Gasteiger charge is 2.26. The fourth-order valence-corrected chi connectivity index (χ4v) is 3.50. The van der Waals surface area contributed by atoms with E-state index < -0.39 is 28.0 Å². The van der Waals surface area contributed by atoms with Crippen LogP contribution in [0, 0.1) is 0 Å². The number of halogens is 1. The number of hydrogen-bond donors (Lipinski definition) is 2. The van der Waals surface area contributed by atoms with E-state index in [0.717, 1.165) is 12.1 Å². The first kappa shape index (κ1) is 18.4. The van der Waals surface area contributed by atoms with Crippen LogP contribution in [0.4, 0.5) is 0 Å². The Bertz CT molecular complexity index is 673. The van der Waals surface area contributed by atoms with Crippen molar-refractivity contribution in [2.24, 2.45) is 0 Å². The summed E-state index contributed by atoms with van der Waals surface area (Å²) in [6.45, 7) is 1.74. The van der Waals surface area contributed by atoms with Crippen molar-refractivity contribution in [3.63, 3.8) is 0 Å².